The zero-order valence-electron chi connectivity index (χ0n) is 24.9. The third kappa shape index (κ3) is 5.77. The average Bonchev–Trinajstić information content (AvgIpc) is 3.20. The van der Waals surface area contributed by atoms with Crippen molar-refractivity contribution in [2.75, 3.05) is 46.9 Å². The number of hydrogen-bond donors (Lipinski definition) is 1. The molecule has 1 aromatic carbocycles. The Bertz CT molecular complexity index is 1110. The molecule has 2 saturated carbocycles. The first kappa shape index (κ1) is 30.1. The van der Waals surface area contributed by atoms with E-state index in [0.717, 1.165) is 37.9 Å². The number of allylic oxidation sites excluding steroid dienone is 3. The number of carbonyl (C=O) groups is 2. The van der Waals surface area contributed by atoms with E-state index >= 15 is 0 Å². The number of nitrogens with zero attached hydrogens (tertiary/aromatic N) is 4. The van der Waals surface area contributed by atoms with Crippen LogP contribution in [0.5, 0.6) is 0 Å². The standard InChI is InChI=1S/C33H48N4O3/c1-6-29(17-16-26(3)30(39)35(7-2)22-23-38)36-25-32(37(31(36)40)24-27-12-11-13-27)18-20-33(21-19-32,34(4)5)28-14-9-8-10-15-28/h6,8-10,14-17,27,38H,1,7,11-13,18-25H2,2-5H3/b26-16+,29-17+/t32-,33+. The van der Waals surface area contributed by atoms with Crippen LogP contribution < -0.4 is 0 Å². The van der Waals surface area contributed by atoms with Gasteiger partial charge in [0.2, 0.25) is 5.91 Å². The summed E-state index contributed by atoms with van der Waals surface area (Å²) in [5.41, 5.74) is 2.39. The predicted molar refractivity (Wildman–Crippen MR) is 161 cm³/mol. The van der Waals surface area contributed by atoms with E-state index in [-0.39, 0.29) is 29.6 Å². The lowest BCUT2D eigenvalue weighted by atomic mass is 9.68. The van der Waals surface area contributed by atoms with Gasteiger partial charge in [0.25, 0.3) is 0 Å². The first-order valence-electron chi connectivity index (χ1n) is 14.9. The maximum absolute atomic E-state index is 14.1. The Morgan fingerprint density at radius 1 is 1.12 bits per heavy atom. The van der Waals surface area contributed by atoms with Gasteiger partial charge in [0.15, 0.2) is 0 Å². The number of rotatable bonds is 11. The number of aliphatic hydroxyl groups is 1. The number of amides is 3. The molecule has 1 spiro atoms. The van der Waals surface area contributed by atoms with Crippen molar-refractivity contribution in [2.24, 2.45) is 5.92 Å². The van der Waals surface area contributed by atoms with Gasteiger partial charge in [-0.3, -0.25) is 14.6 Å². The summed E-state index contributed by atoms with van der Waals surface area (Å²) in [6.07, 6.45) is 12.9. The molecular weight excluding hydrogens is 500 g/mol. The molecule has 7 nitrogen and oxygen atoms in total. The maximum Gasteiger partial charge on any atom is 0.325 e. The van der Waals surface area contributed by atoms with Crippen LogP contribution in [-0.2, 0) is 10.3 Å². The first-order valence-corrected chi connectivity index (χ1v) is 14.9. The molecule has 218 valence electrons. The fourth-order valence-corrected chi connectivity index (χ4v) is 6.83. The Hall–Kier alpha value is -2.90. The SMILES string of the molecule is C=C/C(=C\C=C(/C)C(=O)N(CC)CCO)N1C[C@]2(CC[C@](c3ccccc3)(N(C)C)CC2)N(CC2CCC2)C1=O. The van der Waals surface area contributed by atoms with E-state index in [2.05, 4.69) is 60.8 Å². The molecular formula is C33H48N4O3. The van der Waals surface area contributed by atoms with E-state index in [9.17, 15) is 14.7 Å². The molecule has 0 atom stereocenters. The molecule has 1 N–H and O–H groups in total. The predicted octanol–water partition coefficient (Wildman–Crippen LogP) is 5.15. The normalized spacial score (nSPS) is 26.0. The largest absolute Gasteiger partial charge is 0.395 e. The van der Waals surface area contributed by atoms with Crippen LogP contribution in [-0.4, -0.2) is 89.1 Å². The van der Waals surface area contributed by atoms with Gasteiger partial charge in [-0.25, -0.2) is 4.79 Å². The molecule has 40 heavy (non-hydrogen) atoms. The molecule has 2 aliphatic carbocycles. The summed E-state index contributed by atoms with van der Waals surface area (Å²) in [7, 11) is 4.36. The molecule has 0 aromatic heterocycles. The van der Waals surface area contributed by atoms with Crippen LogP contribution in [0.4, 0.5) is 4.79 Å². The van der Waals surface area contributed by atoms with Crippen molar-refractivity contribution in [2.45, 2.75) is 69.9 Å². The van der Waals surface area contributed by atoms with Crippen molar-refractivity contribution in [3.8, 4) is 0 Å². The molecule has 0 radical (unpaired) electrons. The smallest absolute Gasteiger partial charge is 0.325 e. The molecule has 0 bridgehead atoms. The van der Waals surface area contributed by atoms with Gasteiger partial charge < -0.3 is 14.9 Å². The third-order valence-corrected chi connectivity index (χ3v) is 9.73. The van der Waals surface area contributed by atoms with Crippen molar-refractivity contribution >= 4 is 11.9 Å². The Balaban J connectivity index is 1.60. The van der Waals surface area contributed by atoms with Crippen LogP contribution in [0.3, 0.4) is 0 Å². The second-order valence-corrected chi connectivity index (χ2v) is 12.0. The van der Waals surface area contributed by atoms with Crippen molar-refractivity contribution in [3.63, 3.8) is 0 Å². The van der Waals surface area contributed by atoms with E-state index in [0.29, 0.717) is 31.1 Å². The third-order valence-electron chi connectivity index (χ3n) is 9.73. The van der Waals surface area contributed by atoms with Gasteiger partial charge in [-0.15, -0.1) is 0 Å². The van der Waals surface area contributed by atoms with E-state index in [4.69, 9.17) is 0 Å². The van der Waals surface area contributed by atoms with Gasteiger partial charge in [-0.05, 0) is 90.1 Å². The summed E-state index contributed by atoms with van der Waals surface area (Å²) in [6, 6.07) is 10.9. The van der Waals surface area contributed by atoms with E-state index in [1.165, 1.54) is 24.8 Å². The fourth-order valence-electron chi connectivity index (χ4n) is 6.83. The highest BCUT2D eigenvalue weighted by Crippen LogP contribution is 2.50. The zero-order valence-corrected chi connectivity index (χ0v) is 24.9. The van der Waals surface area contributed by atoms with E-state index in [1.807, 2.05) is 17.9 Å². The van der Waals surface area contributed by atoms with Crippen LogP contribution in [0.1, 0.15) is 64.4 Å². The lowest BCUT2D eigenvalue weighted by molar-refractivity contribution is -0.127. The lowest BCUT2D eigenvalue weighted by Crippen LogP contribution is -2.56. The van der Waals surface area contributed by atoms with E-state index < -0.39 is 0 Å². The maximum atomic E-state index is 14.1. The summed E-state index contributed by atoms with van der Waals surface area (Å²) in [6.45, 7) is 9.94. The van der Waals surface area contributed by atoms with Gasteiger partial charge in [0, 0.05) is 36.4 Å². The quantitative estimate of drug-likeness (QED) is 0.307. The topological polar surface area (TPSA) is 67.3 Å². The highest BCUT2D eigenvalue weighted by Gasteiger charge is 2.55. The number of benzene rings is 1. The Labute approximate surface area is 240 Å². The summed E-state index contributed by atoms with van der Waals surface area (Å²) in [5, 5.41) is 9.29. The lowest BCUT2D eigenvalue weighted by Gasteiger charge is -2.51. The first-order chi connectivity index (χ1) is 19.2. The summed E-state index contributed by atoms with van der Waals surface area (Å²) in [5.74, 6) is 0.471. The Morgan fingerprint density at radius 3 is 2.33 bits per heavy atom. The molecule has 3 amide bonds. The molecule has 0 unspecified atom stereocenters. The monoisotopic (exact) mass is 548 g/mol. The number of urea groups is 1. The number of carbonyl (C=O) groups excluding carboxylic acids is 2. The minimum absolute atomic E-state index is 0.0395. The highest BCUT2D eigenvalue weighted by atomic mass is 16.3. The minimum Gasteiger partial charge on any atom is -0.395 e. The summed E-state index contributed by atoms with van der Waals surface area (Å²) < 4.78 is 0. The second kappa shape index (κ2) is 12.7. The molecule has 1 aromatic rings. The molecule has 7 heteroatoms. The highest BCUT2D eigenvalue weighted by molar-refractivity contribution is 5.93. The summed E-state index contributed by atoms with van der Waals surface area (Å²) >= 11 is 0. The number of likely N-dealkylation sites (N-methyl/N-ethyl adjacent to an activating group) is 1. The average molecular weight is 549 g/mol. The van der Waals surface area contributed by atoms with Crippen molar-refractivity contribution in [1.29, 1.82) is 0 Å². The summed E-state index contributed by atoms with van der Waals surface area (Å²) in [4.78, 5) is 35.0. The van der Waals surface area contributed by atoms with Crippen LogP contribution >= 0.6 is 0 Å². The molecule has 3 aliphatic rings. The van der Waals surface area contributed by atoms with Gasteiger partial charge in [0.1, 0.15) is 0 Å². The van der Waals surface area contributed by atoms with Crippen molar-refractivity contribution < 1.29 is 14.7 Å². The number of aliphatic hydroxyl groups excluding tert-OH is 1. The minimum atomic E-state index is -0.211. The van der Waals surface area contributed by atoms with Crippen molar-refractivity contribution in [1.82, 2.24) is 19.6 Å². The van der Waals surface area contributed by atoms with Crippen LogP contribution in [0.25, 0.3) is 0 Å². The van der Waals surface area contributed by atoms with E-state index in [1.54, 1.807) is 24.0 Å². The number of hydrogen-bond acceptors (Lipinski definition) is 4. The molecule has 3 fully saturated rings. The molecule has 1 heterocycles. The Morgan fingerprint density at radius 2 is 1.80 bits per heavy atom. The van der Waals surface area contributed by atoms with Gasteiger partial charge in [-0.1, -0.05) is 49.4 Å². The van der Waals surface area contributed by atoms with Crippen LogP contribution in [0.2, 0.25) is 0 Å². The zero-order chi connectivity index (χ0) is 28.9. The molecule has 1 aliphatic heterocycles. The Kier molecular flexibility index (Phi) is 9.57. The van der Waals surface area contributed by atoms with Crippen LogP contribution in [0, 0.1) is 5.92 Å². The second-order valence-electron chi connectivity index (χ2n) is 12.0. The van der Waals surface area contributed by atoms with Gasteiger partial charge in [-0.2, -0.15) is 0 Å². The van der Waals surface area contributed by atoms with Crippen molar-refractivity contribution in [3.05, 3.63) is 72.0 Å². The molecule has 4 rings (SSSR count). The van der Waals surface area contributed by atoms with Crippen LogP contribution in [0.15, 0.2) is 66.4 Å². The molecule has 1 saturated heterocycles. The van der Waals surface area contributed by atoms with Gasteiger partial charge >= 0.3 is 6.03 Å². The van der Waals surface area contributed by atoms with Gasteiger partial charge in [0.05, 0.1) is 18.7 Å². The fraction of sp³-hybridized carbons (Fsp3) is 0.576.